The third-order valence-corrected chi connectivity index (χ3v) is 4.65. The molecule has 0 saturated heterocycles. The smallest absolute Gasteiger partial charge is 0.248 e. The summed E-state index contributed by atoms with van der Waals surface area (Å²) in [6, 6.07) is 13.2. The lowest BCUT2D eigenvalue weighted by atomic mass is 10.2. The standard InChI is InChI=1S/C24H30N2O4/c1-26(2)15-4-3-5-16-28-20-12-9-19(10-13-20)11-14-23(27)25-21-7-6-8-22-24(21)30-18-17-29-22/h6-14H,3-5,15-18H2,1-2H3,(H,25,27)/b14-11+. The molecule has 0 aromatic heterocycles. The Balaban J connectivity index is 1.44. The Morgan fingerprint density at radius 3 is 2.67 bits per heavy atom. The molecule has 1 aliphatic rings. The Labute approximate surface area is 178 Å². The maximum atomic E-state index is 12.3. The van der Waals surface area contributed by atoms with Gasteiger partial charge in [0.15, 0.2) is 11.5 Å². The molecular formula is C24H30N2O4. The van der Waals surface area contributed by atoms with Crippen LogP contribution in [0.4, 0.5) is 5.69 Å². The van der Waals surface area contributed by atoms with Crippen molar-refractivity contribution in [3.63, 3.8) is 0 Å². The zero-order valence-corrected chi connectivity index (χ0v) is 17.7. The molecule has 6 nitrogen and oxygen atoms in total. The molecule has 0 fully saturated rings. The molecule has 1 heterocycles. The van der Waals surface area contributed by atoms with Crippen LogP contribution in [-0.4, -0.2) is 51.3 Å². The Morgan fingerprint density at radius 1 is 1.07 bits per heavy atom. The van der Waals surface area contributed by atoms with Crippen LogP contribution in [0, 0.1) is 0 Å². The average Bonchev–Trinajstić information content (AvgIpc) is 2.75. The van der Waals surface area contributed by atoms with Crippen molar-refractivity contribution in [1.82, 2.24) is 4.90 Å². The zero-order valence-electron chi connectivity index (χ0n) is 17.7. The van der Waals surface area contributed by atoms with Crippen LogP contribution in [0.25, 0.3) is 6.08 Å². The van der Waals surface area contributed by atoms with Gasteiger partial charge in [-0.2, -0.15) is 0 Å². The minimum atomic E-state index is -0.226. The number of carbonyl (C=O) groups excluding carboxylic acids is 1. The summed E-state index contributed by atoms with van der Waals surface area (Å²) in [6.45, 7) is 2.82. The van der Waals surface area contributed by atoms with Gasteiger partial charge < -0.3 is 24.4 Å². The molecule has 0 atom stereocenters. The van der Waals surface area contributed by atoms with E-state index in [2.05, 4.69) is 24.3 Å². The molecule has 1 aliphatic heterocycles. The summed E-state index contributed by atoms with van der Waals surface area (Å²) < 4.78 is 16.9. The molecule has 2 aromatic rings. The lowest BCUT2D eigenvalue weighted by molar-refractivity contribution is -0.111. The zero-order chi connectivity index (χ0) is 21.2. The molecule has 1 amide bonds. The van der Waals surface area contributed by atoms with Crippen LogP contribution in [0.3, 0.4) is 0 Å². The summed E-state index contributed by atoms with van der Waals surface area (Å²) in [5.41, 5.74) is 1.54. The van der Waals surface area contributed by atoms with E-state index in [-0.39, 0.29) is 5.91 Å². The van der Waals surface area contributed by atoms with Crippen LogP contribution in [0.1, 0.15) is 24.8 Å². The summed E-state index contributed by atoms with van der Waals surface area (Å²) in [6.07, 6.45) is 6.67. The van der Waals surface area contributed by atoms with Crippen molar-refractivity contribution in [3.05, 3.63) is 54.1 Å². The van der Waals surface area contributed by atoms with Gasteiger partial charge in [-0.1, -0.05) is 18.2 Å². The van der Waals surface area contributed by atoms with E-state index in [9.17, 15) is 4.79 Å². The lowest BCUT2D eigenvalue weighted by Gasteiger charge is -2.20. The third-order valence-electron chi connectivity index (χ3n) is 4.65. The molecule has 160 valence electrons. The normalized spacial score (nSPS) is 12.9. The number of anilines is 1. The highest BCUT2D eigenvalue weighted by Crippen LogP contribution is 2.37. The summed E-state index contributed by atoms with van der Waals surface area (Å²) >= 11 is 0. The van der Waals surface area contributed by atoms with Crippen molar-refractivity contribution in [3.8, 4) is 17.2 Å². The second-order valence-electron chi connectivity index (χ2n) is 7.43. The molecule has 0 spiro atoms. The number of rotatable bonds is 10. The van der Waals surface area contributed by atoms with Crippen LogP contribution >= 0.6 is 0 Å². The summed E-state index contributed by atoms with van der Waals surface area (Å²) in [4.78, 5) is 14.5. The van der Waals surface area contributed by atoms with Gasteiger partial charge in [0.2, 0.25) is 5.91 Å². The molecular weight excluding hydrogens is 380 g/mol. The number of nitrogens with one attached hydrogen (secondary N) is 1. The third kappa shape index (κ3) is 6.81. The quantitative estimate of drug-likeness (QED) is 0.469. The highest BCUT2D eigenvalue weighted by atomic mass is 16.6. The van der Waals surface area contributed by atoms with E-state index >= 15 is 0 Å². The molecule has 0 radical (unpaired) electrons. The van der Waals surface area contributed by atoms with Gasteiger partial charge in [0, 0.05) is 6.08 Å². The molecule has 0 unspecified atom stereocenters. The van der Waals surface area contributed by atoms with E-state index < -0.39 is 0 Å². The van der Waals surface area contributed by atoms with Crippen molar-refractivity contribution in [2.45, 2.75) is 19.3 Å². The maximum absolute atomic E-state index is 12.3. The first-order chi connectivity index (χ1) is 14.6. The van der Waals surface area contributed by atoms with E-state index in [4.69, 9.17) is 14.2 Å². The van der Waals surface area contributed by atoms with Gasteiger partial charge in [-0.15, -0.1) is 0 Å². The summed E-state index contributed by atoms with van der Waals surface area (Å²) in [5.74, 6) is 1.85. The molecule has 1 N–H and O–H groups in total. The predicted octanol–water partition coefficient (Wildman–Crippen LogP) is 4.22. The topological polar surface area (TPSA) is 60.0 Å². The number of para-hydroxylation sites is 1. The Kier molecular flexibility index (Phi) is 8.15. The number of fused-ring (bicyclic) bond motifs is 1. The van der Waals surface area contributed by atoms with E-state index in [1.807, 2.05) is 36.4 Å². The first-order valence-corrected chi connectivity index (χ1v) is 10.4. The maximum Gasteiger partial charge on any atom is 0.248 e. The van der Waals surface area contributed by atoms with Crippen molar-refractivity contribution in [1.29, 1.82) is 0 Å². The molecule has 3 rings (SSSR count). The number of hydrogen-bond donors (Lipinski definition) is 1. The molecule has 2 aromatic carbocycles. The van der Waals surface area contributed by atoms with Crippen LogP contribution < -0.4 is 19.5 Å². The molecule has 0 saturated carbocycles. The fraction of sp³-hybridized carbons (Fsp3) is 0.375. The minimum Gasteiger partial charge on any atom is -0.494 e. The van der Waals surface area contributed by atoms with E-state index in [0.29, 0.717) is 30.4 Å². The van der Waals surface area contributed by atoms with Gasteiger partial charge in [0.05, 0.1) is 12.3 Å². The lowest BCUT2D eigenvalue weighted by Crippen LogP contribution is -2.17. The van der Waals surface area contributed by atoms with Crippen LogP contribution in [-0.2, 0) is 4.79 Å². The Bertz CT molecular complexity index is 847. The number of ether oxygens (including phenoxy) is 3. The van der Waals surface area contributed by atoms with Gasteiger partial charge >= 0.3 is 0 Å². The number of unbranched alkanes of at least 4 members (excludes halogenated alkanes) is 2. The number of nitrogens with zero attached hydrogens (tertiary/aromatic N) is 1. The molecule has 0 bridgehead atoms. The van der Waals surface area contributed by atoms with Crippen molar-refractivity contribution < 1.29 is 19.0 Å². The molecule has 6 heteroatoms. The van der Waals surface area contributed by atoms with E-state index in [0.717, 1.165) is 37.3 Å². The molecule has 30 heavy (non-hydrogen) atoms. The number of benzene rings is 2. The fourth-order valence-corrected chi connectivity index (χ4v) is 3.09. The predicted molar refractivity (Wildman–Crippen MR) is 119 cm³/mol. The van der Waals surface area contributed by atoms with Crippen molar-refractivity contribution in [2.24, 2.45) is 0 Å². The highest BCUT2D eigenvalue weighted by Gasteiger charge is 2.16. The van der Waals surface area contributed by atoms with Gasteiger partial charge in [-0.3, -0.25) is 4.79 Å². The number of carbonyl (C=O) groups is 1. The van der Waals surface area contributed by atoms with E-state index in [1.54, 1.807) is 12.1 Å². The number of amides is 1. The Hall–Kier alpha value is -2.99. The second-order valence-corrected chi connectivity index (χ2v) is 7.43. The summed E-state index contributed by atoms with van der Waals surface area (Å²) in [7, 11) is 4.18. The molecule has 0 aliphatic carbocycles. The van der Waals surface area contributed by atoms with E-state index in [1.165, 1.54) is 12.5 Å². The van der Waals surface area contributed by atoms with Crippen LogP contribution in [0.5, 0.6) is 17.2 Å². The first kappa shape index (κ1) is 21.7. The average molecular weight is 411 g/mol. The van der Waals surface area contributed by atoms with Crippen molar-refractivity contribution in [2.75, 3.05) is 45.8 Å². The van der Waals surface area contributed by atoms with Gasteiger partial charge in [-0.25, -0.2) is 0 Å². The first-order valence-electron chi connectivity index (χ1n) is 10.4. The second kappa shape index (κ2) is 11.3. The minimum absolute atomic E-state index is 0.226. The van der Waals surface area contributed by atoms with Gasteiger partial charge in [0.1, 0.15) is 19.0 Å². The van der Waals surface area contributed by atoms with Gasteiger partial charge in [0.25, 0.3) is 0 Å². The Morgan fingerprint density at radius 2 is 1.87 bits per heavy atom. The highest BCUT2D eigenvalue weighted by molar-refractivity contribution is 6.03. The van der Waals surface area contributed by atoms with Crippen LogP contribution in [0.15, 0.2) is 48.5 Å². The van der Waals surface area contributed by atoms with Crippen molar-refractivity contribution >= 4 is 17.7 Å². The summed E-state index contributed by atoms with van der Waals surface area (Å²) in [5, 5.41) is 2.84. The van der Waals surface area contributed by atoms with Crippen LogP contribution in [0.2, 0.25) is 0 Å². The monoisotopic (exact) mass is 410 g/mol. The number of hydrogen-bond acceptors (Lipinski definition) is 5. The van der Waals surface area contributed by atoms with Gasteiger partial charge in [-0.05, 0) is 75.8 Å². The fourth-order valence-electron chi connectivity index (χ4n) is 3.09. The largest absolute Gasteiger partial charge is 0.494 e. The SMILES string of the molecule is CN(C)CCCCCOc1ccc(/C=C/C(=O)Nc2cccc3c2OCCO3)cc1.